The van der Waals surface area contributed by atoms with Crippen LogP contribution >= 0.6 is 11.3 Å². The van der Waals surface area contributed by atoms with Crippen LogP contribution in [0.15, 0.2) is 66.0 Å². The summed E-state index contributed by atoms with van der Waals surface area (Å²) >= 11 is 1.44. The highest BCUT2D eigenvalue weighted by molar-refractivity contribution is 7.14. The molecule has 3 aromatic carbocycles. The van der Waals surface area contributed by atoms with Gasteiger partial charge in [-0.2, -0.15) is 0 Å². The number of methoxy groups -OCH3 is 1. The van der Waals surface area contributed by atoms with Gasteiger partial charge in [-0.15, -0.1) is 11.3 Å². The number of nitrogens with zero attached hydrogens (tertiary/aromatic N) is 1. The van der Waals surface area contributed by atoms with E-state index < -0.39 is 0 Å². The number of hydrogen-bond acceptors (Lipinski definition) is 4. The molecular weight excluding hydrogens is 380 g/mol. The molecule has 0 fully saturated rings. The van der Waals surface area contributed by atoms with Crippen LogP contribution in [0, 0.1) is 6.92 Å². The summed E-state index contributed by atoms with van der Waals surface area (Å²) in [6.45, 7) is 3.97. The number of aryl methyl sites for hydroxylation is 1. The number of amides is 1. The number of benzene rings is 3. The molecule has 4 aromatic rings. The number of anilines is 1. The van der Waals surface area contributed by atoms with E-state index in [0.717, 1.165) is 33.3 Å². The van der Waals surface area contributed by atoms with E-state index in [4.69, 9.17) is 4.74 Å². The van der Waals surface area contributed by atoms with Crippen LogP contribution in [0.4, 0.5) is 5.13 Å². The molecule has 4 nitrogen and oxygen atoms in total. The molecule has 0 aliphatic carbocycles. The van der Waals surface area contributed by atoms with Gasteiger partial charge in [-0.05, 0) is 42.3 Å². The second-order valence-corrected chi connectivity index (χ2v) is 7.95. The number of nitrogens with one attached hydrogen (secondary N) is 1. The summed E-state index contributed by atoms with van der Waals surface area (Å²) in [4.78, 5) is 17.3. The zero-order valence-corrected chi connectivity index (χ0v) is 17.4. The molecule has 1 aromatic heterocycles. The molecule has 1 heterocycles. The number of aromatic nitrogens is 1. The van der Waals surface area contributed by atoms with Gasteiger partial charge in [0, 0.05) is 10.9 Å². The minimum absolute atomic E-state index is 0.0670. The lowest BCUT2D eigenvalue weighted by Crippen LogP contribution is -2.18. The van der Waals surface area contributed by atoms with Crippen molar-refractivity contribution >= 4 is 33.1 Å². The van der Waals surface area contributed by atoms with Gasteiger partial charge in [0.1, 0.15) is 5.75 Å². The van der Waals surface area contributed by atoms with Gasteiger partial charge in [0.05, 0.1) is 18.7 Å². The molecule has 5 heteroatoms. The van der Waals surface area contributed by atoms with Crippen molar-refractivity contribution in [1.82, 2.24) is 4.98 Å². The largest absolute Gasteiger partial charge is 0.497 e. The van der Waals surface area contributed by atoms with E-state index in [-0.39, 0.29) is 11.8 Å². The number of carbonyl (C=O) groups is 1. The van der Waals surface area contributed by atoms with Crippen LogP contribution in [0.5, 0.6) is 5.75 Å². The smallest absolute Gasteiger partial charge is 0.233 e. The van der Waals surface area contributed by atoms with E-state index in [0.29, 0.717) is 5.13 Å². The van der Waals surface area contributed by atoms with Crippen molar-refractivity contribution in [2.24, 2.45) is 0 Å². The van der Waals surface area contributed by atoms with Gasteiger partial charge in [0.25, 0.3) is 0 Å². The fourth-order valence-corrected chi connectivity index (χ4v) is 3.91. The average molecular weight is 403 g/mol. The first-order chi connectivity index (χ1) is 14.0. The van der Waals surface area contributed by atoms with Crippen molar-refractivity contribution in [3.63, 3.8) is 0 Å². The third-order valence-electron chi connectivity index (χ3n) is 5.05. The van der Waals surface area contributed by atoms with Gasteiger partial charge in [0.15, 0.2) is 5.13 Å². The molecule has 0 aliphatic heterocycles. The molecule has 0 spiro atoms. The van der Waals surface area contributed by atoms with Gasteiger partial charge in [-0.1, -0.05) is 54.1 Å². The Balaban J connectivity index is 1.49. The minimum Gasteiger partial charge on any atom is -0.497 e. The first-order valence-electron chi connectivity index (χ1n) is 9.44. The summed E-state index contributed by atoms with van der Waals surface area (Å²) in [6.07, 6.45) is 0. The molecule has 0 saturated heterocycles. The van der Waals surface area contributed by atoms with Gasteiger partial charge >= 0.3 is 0 Å². The fourth-order valence-electron chi connectivity index (χ4n) is 3.19. The Kier molecular flexibility index (Phi) is 5.32. The Morgan fingerprint density at radius 3 is 2.52 bits per heavy atom. The van der Waals surface area contributed by atoms with Crippen LogP contribution in [0.25, 0.3) is 22.0 Å². The zero-order chi connectivity index (χ0) is 20.4. The van der Waals surface area contributed by atoms with Crippen molar-refractivity contribution in [3.05, 3.63) is 77.2 Å². The number of carbonyl (C=O) groups excluding carboxylic acids is 1. The van der Waals surface area contributed by atoms with Crippen LogP contribution in [-0.2, 0) is 4.79 Å². The predicted molar refractivity (Wildman–Crippen MR) is 120 cm³/mol. The summed E-state index contributed by atoms with van der Waals surface area (Å²) in [5, 5.41) is 7.71. The summed E-state index contributed by atoms with van der Waals surface area (Å²) in [7, 11) is 1.66. The number of ether oxygens (including phenoxy) is 1. The highest BCUT2D eigenvalue weighted by Gasteiger charge is 2.17. The van der Waals surface area contributed by atoms with Crippen LogP contribution < -0.4 is 10.1 Å². The van der Waals surface area contributed by atoms with E-state index in [1.807, 2.05) is 54.8 Å². The third-order valence-corrected chi connectivity index (χ3v) is 5.80. The minimum atomic E-state index is -0.284. The number of thiazole rings is 1. The van der Waals surface area contributed by atoms with Gasteiger partial charge in [-0.3, -0.25) is 4.79 Å². The maximum absolute atomic E-state index is 12.8. The molecule has 1 N–H and O–H groups in total. The third kappa shape index (κ3) is 4.15. The number of hydrogen-bond donors (Lipinski definition) is 1. The Bertz CT molecular complexity index is 1170. The Hall–Kier alpha value is -3.18. The lowest BCUT2D eigenvalue weighted by molar-refractivity contribution is -0.117. The fraction of sp³-hybridized carbons (Fsp3) is 0.167. The van der Waals surface area contributed by atoms with Crippen molar-refractivity contribution in [2.75, 3.05) is 12.4 Å². The topological polar surface area (TPSA) is 51.2 Å². The standard InChI is InChI=1S/C24H22N2O2S/c1-15-4-6-17(7-5-15)22-14-29-24(25-22)26-23(27)16(2)18-8-9-20-13-21(28-3)11-10-19(20)12-18/h4-14,16H,1-3H3,(H,25,26,27). The lowest BCUT2D eigenvalue weighted by atomic mass is 9.97. The monoisotopic (exact) mass is 402 g/mol. The SMILES string of the molecule is COc1ccc2cc(C(C)C(=O)Nc3nc(-c4ccc(C)cc4)cs3)ccc2c1. The molecule has 4 rings (SSSR count). The van der Waals surface area contributed by atoms with E-state index in [1.54, 1.807) is 7.11 Å². The molecule has 0 saturated carbocycles. The van der Waals surface area contributed by atoms with Crippen LogP contribution in [-0.4, -0.2) is 18.0 Å². The number of rotatable bonds is 5. The maximum atomic E-state index is 12.8. The van der Waals surface area contributed by atoms with Gasteiger partial charge in [-0.25, -0.2) is 4.98 Å². The lowest BCUT2D eigenvalue weighted by Gasteiger charge is -2.12. The summed E-state index contributed by atoms with van der Waals surface area (Å²) in [5.74, 6) is 0.472. The molecule has 0 bridgehead atoms. The van der Waals surface area contributed by atoms with E-state index >= 15 is 0 Å². The number of fused-ring (bicyclic) bond motifs is 1. The molecular formula is C24H22N2O2S. The summed E-state index contributed by atoms with van der Waals surface area (Å²) in [5.41, 5.74) is 4.10. The first-order valence-corrected chi connectivity index (χ1v) is 10.3. The van der Waals surface area contributed by atoms with E-state index in [9.17, 15) is 4.79 Å². The van der Waals surface area contributed by atoms with Crippen LogP contribution in [0.2, 0.25) is 0 Å². The second kappa shape index (κ2) is 8.05. The normalized spacial score (nSPS) is 12.0. The van der Waals surface area contributed by atoms with Gasteiger partial charge < -0.3 is 10.1 Å². The maximum Gasteiger partial charge on any atom is 0.233 e. The van der Waals surface area contributed by atoms with E-state index in [1.165, 1.54) is 16.9 Å². The Morgan fingerprint density at radius 2 is 1.76 bits per heavy atom. The van der Waals surface area contributed by atoms with E-state index in [2.05, 4.69) is 35.4 Å². The Labute approximate surface area is 174 Å². The molecule has 0 aliphatic rings. The van der Waals surface area contributed by atoms with Gasteiger partial charge in [0.2, 0.25) is 5.91 Å². The summed E-state index contributed by atoms with van der Waals surface area (Å²) in [6, 6.07) is 20.2. The molecule has 0 radical (unpaired) electrons. The molecule has 29 heavy (non-hydrogen) atoms. The molecule has 146 valence electrons. The molecule has 1 unspecified atom stereocenters. The van der Waals surface area contributed by atoms with Crippen molar-refractivity contribution in [3.8, 4) is 17.0 Å². The summed E-state index contributed by atoms with van der Waals surface area (Å²) < 4.78 is 5.27. The molecule has 1 atom stereocenters. The van der Waals surface area contributed by atoms with Crippen molar-refractivity contribution in [1.29, 1.82) is 0 Å². The van der Waals surface area contributed by atoms with Crippen LogP contribution in [0.1, 0.15) is 24.0 Å². The quantitative estimate of drug-likeness (QED) is 0.444. The Morgan fingerprint density at radius 1 is 1.03 bits per heavy atom. The van der Waals surface area contributed by atoms with Crippen molar-refractivity contribution in [2.45, 2.75) is 19.8 Å². The highest BCUT2D eigenvalue weighted by Crippen LogP contribution is 2.28. The van der Waals surface area contributed by atoms with Crippen LogP contribution in [0.3, 0.4) is 0 Å². The average Bonchev–Trinajstić information content (AvgIpc) is 3.21. The second-order valence-electron chi connectivity index (χ2n) is 7.09. The predicted octanol–water partition coefficient (Wildman–Crippen LogP) is 6.02. The molecule has 1 amide bonds. The van der Waals surface area contributed by atoms with Crippen molar-refractivity contribution < 1.29 is 9.53 Å². The highest BCUT2D eigenvalue weighted by atomic mass is 32.1. The zero-order valence-electron chi connectivity index (χ0n) is 16.6. The first kappa shape index (κ1) is 19.2.